The van der Waals surface area contributed by atoms with Crippen LogP contribution in [0.4, 0.5) is 56.9 Å². The molecule has 0 atom stereocenters. The molecule has 7 aromatic carbocycles. The molecule has 20 nitrogen and oxygen atoms in total. The van der Waals surface area contributed by atoms with Crippen LogP contribution < -0.4 is 28.7 Å². The molecule has 7 rings (SSSR count). The summed E-state index contributed by atoms with van der Waals surface area (Å²) in [5.41, 5.74) is 27.9. The van der Waals surface area contributed by atoms with Gasteiger partial charge < -0.3 is 28.7 Å². The zero-order chi connectivity index (χ0) is 44.7. The van der Waals surface area contributed by atoms with Crippen LogP contribution in [0, 0.1) is 50.6 Å². The fourth-order valence-electron chi connectivity index (χ4n) is 7.29. The highest BCUT2D eigenvalue weighted by molar-refractivity contribution is 6.00. The van der Waals surface area contributed by atoms with E-state index in [4.69, 9.17) is 28.7 Å². The summed E-state index contributed by atoms with van der Waals surface area (Å²) in [7, 11) is 0. The summed E-state index contributed by atoms with van der Waals surface area (Å²) in [6.45, 7) is 0. The number of nitrogens with zero attached hydrogens (tertiary/aromatic N) is 5. The summed E-state index contributed by atoms with van der Waals surface area (Å²) in [5, 5.41) is 62.3. The van der Waals surface area contributed by atoms with Crippen LogP contribution in [0.3, 0.4) is 0 Å². The lowest BCUT2D eigenvalue weighted by molar-refractivity contribution is -0.384. The third-order valence-electron chi connectivity index (χ3n) is 10.2. The first-order chi connectivity index (χ1) is 29.5. The van der Waals surface area contributed by atoms with Crippen LogP contribution in [-0.4, -0.2) is 24.6 Å². The molecule has 10 N–H and O–H groups in total. The molecule has 308 valence electrons. The minimum absolute atomic E-state index is 0.0474. The van der Waals surface area contributed by atoms with Crippen LogP contribution in [0.2, 0.25) is 0 Å². The Kier molecular flexibility index (Phi) is 10.3. The maximum absolute atomic E-state index is 12.6. The number of anilines is 5. The summed E-state index contributed by atoms with van der Waals surface area (Å²) >= 11 is 0. The lowest BCUT2D eigenvalue weighted by atomic mass is 9.88. The average Bonchev–Trinajstić information content (AvgIpc) is 3.24. The predicted octanol–water partition coefficient (Wildman–Crippen LogP) is 9.14. The van der Waals surface area contributed by atoms with Crippen molar-refractivity contribution in [1.29, 1.82) is 0 Å². The summed E-state index contributed by atoms with van der Waals surface area (Å²) < 4.78 is 0. The Bertz CT molecular complexity index is 3070. The molecule has 20 heteroatoms. The van der Waals surface area contributed by atoms with Gasteiger partial charge in [0.05, 0.1) is 52.4 Å². The number of hydrogen-bond donors (Lipinski definition) is 5. The molecule has 0 aromatic heterocycles. The van der Waals surface area contributed by atoms with Crippen LogP contribution in [0.15, 0.2) is 121 Å². The number of nitrogens with two attached hydrogens (primary N) is 5. The molecule has 0 aliphatic rings. The number of nitrogen functional groups attached to an aromatic ring is 5. The van der Waals surface area contributed by atoms with Crippen molar-refractivity contribution in [2.24, 2.45) is 0 Å². The van der Waals surface area contributed by atoms with Crippen LogP contribution >= 0.6 is 0 Å². The summed E-state index contributed by atoms with van der Waals surface area (Å²) in [5.74, 6) is 0. The minimum atomic E-state index is -0.810. The molecular weight excluding hydrogens is 805 g/mol. The van der Waals surface area contributed by atoms with Gasteiger partial charge in [-0.15, -0.1) is 0 Å². The lowest BCUT2D eigenvalue weighted by Crippen LogP contribution is -2.04. The molecule has 62 heavy (non-hydrogen) atoms. The summed E-state index contributed by atoms with van der Waals surface area (Å²) in [4.78, 5) is 58.6. The van der Waals surface area contributed by atoms with Crippen LogP contribution in [0.5, 0.6) is 0 Å². The van der Waals surface area contributed by atoms with E-state index < -0.39 is 53.1 Å². The molecule has 0 amide bonds. The molecule has 0 fully saturated rings. The van der Waals surface area contributed by atoms with E-state index >= 15 is 0 Å². The van der Waals surface area contributed by atoms with Gasteiger partial charge in [0.1, 0.15) is 0 Å². The topological polar surface area (TPSA) is 346 Å². The van der Waals surface area contributed by atoms with Gasteiger partial charge in [0.25, 0.3) is 28.4 Å². The SMILES string of the molecule is Nc1cc([N+](=O)[O-])c(-c2cc(-c3cc(-c4cc(-c5cc(-c6ccccc6)c([N+](=O)[O-])cc5N)c([N+](=O)[O-])cc4N)c([N+](=O)[O-])cc3N)c([N+](=O)[O-])cc2N)cc1-c1ccccc1. The van der Waals surface area contributed by atoms with E-state index in [9.17, 15) is 50.6 Å². The Balaban J connectivity index is 1.51. The standard InChI is InChI=1S/C42H30N10O10/c43-33-16-39(49(55)56)29(11-23(33)21-7-3-1-4-8-21)26-13-31(41(51(59)60)18-35(26)45)28-15-32(42(52(61)62)20-37(28)47)27-14-30(40(50(57)58)19-36(27)46)25-12-24(22-9-5-2-6-10-22)38(48(53)54)17-34(25)44/h1-20H,43-47H2. The van der Waals surface area contributed by atoms with Crippen molar-refractivity contribution in [2.45, 2.75) is 0 Å². The molecule has 0 saturated carbocycles. The second kappa shape index (κ2) is 15.7. The molecule has 0 unspecified atom stereocenters. The second-order valence-electron chi connectivity index (χ2n) is 13.8. The third kappa shape index (κ3) is 7.28. The van der Waals surface area contributed by atoms with E-state index in [-0.39, 0.29) is 78.5 Å². The van der Waals surface area contributed by atoms with Crippen molar-refractivity contribution in [3.63, 3.8) is 0 Å². The maximum atomic E-state index is 12.6. The molecule has 0 radical (unpaired) electrons. The zero-order valence-electron chi connectivity index (χ0n) is 31.8. The van der Waals surface area contributed by atoms with Crippen LogP contribution in [-0.2, 0) is 0 Å². The third-order valence-corrected chi connectivity index (χ3v) is 10.2. The van der Waals surface area contributed by atoms with Gasteiger partial charge in [-0.25, -0.2) is 0 Å². The summed E-state index contributed by atoms with van der Waals surface area (Å²) in [6, 6.07) is 27.9. The van der Waals surface area contributed by atoms with E-state index in [0.29, 0.717) is 16.7 Å². The van der Waals surface area contributed by atoms with Crippen LogP contribution in [0.25, 0.3) is 66.8 Å². The largest absolute Gasteiger partial charge is 0.398 e. The molecule has 0 spiro atoms. The van der Waals surface area contributed by atoms with Gasteiger partial charge in [0, 0.05) is 86.6 Å². The molecule has 0 aliphatic carbocycles. The van der Waals surface area contributed by atoms with Gasteiger partial charge in [-0.2, -0.15) is 0 Å². The van der Waals surface area contributed by atoms with Gasteiger partial charge in [0.2, 0.25) is 0 Å². The van der Waals surface area contributed by atoms with Crippen molar-refractivity contribution in [3.05, 3.63) is 172 Å². The Morgan fingerprint density at radius 1 is 0.274 bits per heavy atom. The van der Waals surface area contributed by atoms with E-state index in [1.807, 2.05) is 0 Å². The number of rotatable bonds is 11. The first kappa shape index (κ1) is 40.7. The van der Waals surface area contributed by atoms with Gasteiger partial charge in [-0.1, -0.05) is 60.7 Å². The lowest BCUT2D eigenvalue weighted by Gasteiger charge is -2.17. The smallest absolute Gasteiger partial charge is 0.279 e. The van der Waals surface area contributed by atoms with Gasteiger partial charge in [-0.3, -0.25) is 50.6 Å². The molecule has 0 bridgehead atoms. The molecule has 7 aromatic rings. The van der Waals surface area contributed by atoms with Gasteiger partial charge in [-0.05, 0) is 41.5 Å². The number of hydrogen-bond acceptors (Lipinski definition) is 15. The molecule has 0 saturated heterocycles. The maximum Gasteiger partial charge on any atom is 0.279 e. The van der Waals surface area contributed by atoms with Gasteiger partial charge in [0.15, 0.2) is 0 Å². The molecule has 0 heterocycles. The quantitative estimate of drug-likeness (QED) is 0.0460. The van der Waals surface area contributed by atoms with E-state index in [0.717, 1.165) is 42.5 Å². The highest BCUT2D eigenvalue weighted by Crippen LogP contribution is 2.50. The predicted molar refractivity (Wildman–Crippen MR) is 234 cm³/mol. The zero-order valence-corrected chi connectivity index (χ0v) is 31.8. The molecular formula is C42H30N10O10. The second-order valence-corrected chi connectivity index (χ2v) is 13.8. The van der Waals surface area contributed by atoms with E-state index in [2.05, 4.69) is 0 Å². The first-order valence-electron chi connectivity index (χ1n) is 18.0. The Labute approximate surface area is 348 Å². The Hall–Kier alpha value is -9.46. The van der Waals surface area contributed by atoms with Crippen molar-refractivity contribution in [3.8, 4) is 66.8 Å². The Morgan fingerprint density at radius 2 is 0.484 bits per heavy atom. The minimum Gasteiger partial charge on any atom is -0.398 e. The van der Waals surface area contributed by atoms with Crippen molar-refractivity contribution in [1.82, 2.24) is 0 Å². The summed E-state index contributed by atoms with van der Waals surface area (Å²) in [6.07, 6.45) is 0. The fourth-order valence-corrected chi connectivity index (χ4v) is 7.29. The fraction of sp³-hybridized carbons (Fsp3) is 0. The van der Waals surface area contributed by atoms with E-state index in [1.54, 1.807) is 60.7 Å². The van der Waals surface area contributed by atoms with Crippen molar-refractivity contribution < 1.29 is 24.6 Å². The normalized spacial score (nSPS) is 10.9. The number of nitro benzene ring substituents is 5. The average molecular weight is 835 g/mol. The first-order valence-corrected chi connectivity index (χ1v) is 18.0. The highest BCUT2D eigenvalue weighted by Gasteiger charge is 2.31. The highest BCUT2D eigenvalue weighted by atomic mass is 16.6. The van der Waals surface area contributed by atoms with Crippen molar-refractivity contribution in [2.75, 3.05) is 28.7 Å². The number of nitro groups is 5. The van der Waals surface area contributed by atoms with Gasteiger partial charge >= 0.3 is 0 Å². The van der Waals surface area contributed by atoms with E-state index in [1.165, 1.54) is 18.2 Å². The van der Waals surface area contributed by atoms with Crippen LogP contribution in [0.1, 0.15) is 0 Å². The monoisotopic (exact) mass is 834 g/mol. The van der Waals surface area contributed by atoms with Crippen molar-refractivity contribution >= 4 is 56.9 Å². The number of benzene rings is 7. The Morgan fingerprint density at radius 3 is 0.758 bits per heavy atom. The molecule has 0 aliphatic heterocycles.